The minimum absolute atomic E-state index is 0.117. The first-order valence-corrected chi connectivity index (χ1v) is 15.1. The van der Waals surface area contributed by atoms with Gasteiger partial charge in [-0.3, -0.25) is 14.4 Å². The van der Waals surface area contributed by atoms with Crippen molar-refractivity contribution < 1.29 is 24.2 Å². The van der Waals surface area contributed by atoms with Gasteiger partial charge in [-0.15, -0.1) is 13.2 Å². The molecular formula is C33H47N3O5. The van der Waals surface area contributed by atoms with Crippen LogP contribution in [0.25, 0.3) is 0 Å². The summed E-state index contributed by atoms with van der Waals surface area (Å²) >= 11 is 0. The number of carbonyl (C=O) groups is 3. The number of hydrogen-bond donors (Lipinski definition) is 1. The Bertz CT molecular complexity index is 1120. The van der Waals surface area contributed by atoms with Crippen LogP contribution in [0.3, 0.4) is 0 Å². The molecule has 5 atom stereocenters. The van der Waals surface area contributed by atoms with Crippen LogP contribution in [-0.2, 0) is 25.7 Å². The van der Waals surface area contributed by atoms with Crippen molar-refractivity contribution in [1.29, 1.82) is 0 Å². The molecule has 3 saturated heterocycles. The molecule has 8 nitrogen and oxygen atoms in total. The maximum atomic E-state index is 14.4. The molecule has 0 saturated carbocycles. The second-order valence-electron chi connectivity index (χ2n) is 12.6. The predicted octanol–water partition coefficient (Wildman–Crippen LogP) is 3.94. The van der Waals surface area contributed by atoms with E-state index in [2.05, 4.69) is 13.2 Å². The Morgan fingerprint density at radius 3 is 2.39 bits per heavy atom. The molecule has 1 spiro atoms. The first-order valence-electron chi connectivity index (χ1n) is 15.1. The lowest BCUT2D eigenvalue weighted by molar-refractivity contribution is -0.151. The van der Waals surface area contributed by atoms with Crippen LogP contribution in [0.2, 0.25) is 0 Å². The van der Waals surface area contributed by atoms with Crippen molar-refractivity contribution >= 4 is 17.7 Å². The average molecular weight is 566 g/mol. The van der Waals surface area contributed by atoms with Gasteiger partial charge in [0.15, 0.2) is 0 Å². The molecule has 2 unspecified atom stereocenters. The van der Waals surface area contributed by atoms with Crippen LogP contribution in [0.15, 0.2) is 55.6 Å². The summed E-state index contributed by atoms with van der Waals surface area (Å²) < 4.78 is 6.67. The quantitative estimate of drug-likeness (QED) is 0.273. The van der Waals surface area contributed by atoms with Crippen molar-refractivity contribution in [3.05, 3.63) is 61.2 Å². The number of aliphatic hydroxyl groups excluding tert-OH is 1. The summed E-state index contributed by atoms with van der Waals surface area (Å²) in [5, 5.41) is 9.18. The van der Waals surface area contributed by atoms with E-state index < -0.39 is 35.1 Å². The number of rotatable bonds is 14. The van der Waals surface area contributed by atoms with Gasteiger partial charge in [0.05, 0.1) is 17.9 Å². The molecule has 3 fully saturated rings. The van der Waals surface area contributed by atoms with Crippen LogP contribution in [0.1, 0.15) is 64.9 Å². The van der Waals surface area contributed by atoms with E-state index >= 15 is 0 Å². The van der Waals surface area contributed by atoms with Crippen molar-refractivity contribution in [3.8, 4) is 0 Å². The minimum Gasteiger partial charge on any atom is -0.396 e. The van der Waals surface area contributed by atoms with Gasteiger partial charge in [0.1, 0.15) is 11.6 Å². The summed E-state index contributed by atoms with van der Waals surface area (Å²) in [6.07, 6.45) is 7.35. The van der Waals surface area contributed by atoms with Crippen molar-refractivity contribution in [3.63, 3.8) is 0 Å². The van der Waals surface area contributed by atoms with E-state index in [1.165, 1.54) is 0 Å². The van der Waals surface area contributed by atoms with Crippen LogP contribution in [-0.4, -0.2) is 87.1 Å². The van der Waals surface area contributed by atoms with Crippen molar-refractivity contribution in [2.75, 3.05) is 26.2 Å². The number of hydrogen-bond acceptors (Lipinski definition) is 5. The minimum atomic E-state index is -1.03. The highest BCUT2D eigenvalue weighted by molar-refractivity contribution is 5.99. The third kappa shape index (κ3) is 6.00. The third-order valence-corrected chi connectivity index (χ3v) is 8.89. The van der Waals surface area contributed by atoms with E-state index in [0.29, 0.717) is 51.9 Å². The van der Waals surface area contributed by atoms with Crippen LogP contribution in [0, 0.1) is 11.8 Å². The lowest BCUT2D eigenvalue weighted by Gasteiger charge is -2.42. The zero-order valence-corrected chi connectivity index (χ0v) is 25.0. The molecule has 3 aliphatic rings. The van der Waals surface area contributed by atoms with E-state index in [4.69, 9.17) is 4.74 Å². The monoisotopic (exact) mass is 565 g/mol. The molecule has 4 rings (SSSR count). The molecular weight excluding hydrogens is 518 g/mol. The average Bonchev–Trinajstić information content (AvgIpc) is 3.58. The smallest absolute Gasteiger partial charge is 0.249 e. The normalized spacial score (nSPS) is 26.6. The van der Waals surface area contributed by atoms with E-state index in [-0.39, 0.29) is 24.3 Å². The fourth-order valence-corrected chi connectivity index (χ4v) is 7.08. The molecule has 1 N–H and O–H groups in total. The van der Waals surface area contributed by atoms with Crippen LogP contribution >= 0.6 is 0 Å². The summed E-state index contributed by atoms with van der Waals surface area (Å²) in [7, 11) is 0. The van der Waals surface area contributed by atoms with Crippen LogP contribution in [0.4, 0.5) is 0 Å². The largest absolute Gasteiger partial charge is 0.396 e. The summed E-state index contributed by atoms with van der Waals surface area (Å²) in [6, 6.07) is 9.01. The number of amides is 3. The fourth-order valence-electron chi connectivity index (χ4n) is 7.08. The van der Waals surface area contributed by atoms with Gasteiger partial charge in [-0.1, -0.05) is 55.3 Å². The number of unbranched alkanes of at least 4 members (excludes halogenated alkanes) is 3. The number of carbonyl (C=O) groups excluding carboxylic acids is 3. The topological polar surface area (TPSA) is 90.4 Å². The summed E-state index contributed by atoms with van der Waals surface area (Å²) in [6.45, 7) is 15.4. The van der Waals surface area contributed by atoms with Crippen molar-refractivity contribution in [1.82, 2.24) is 14.7 Å². The Hall–Kier alpha value is -2.97. The van der Waals surface area contributed by atoms with Crippen LogP contribution in [0.5, 0.6) is 0 Å². The highest BCUT2D eigenvalue weighted by Crippen LogP contribution is 2.59. The van der Waals surface area contributed by atoms with Gasteiger partial charge >= 0.3 is 0 Å². The second kappa shape index (κ2) is 12.9. The highest BCUT2D eigenvalue weighted by atomic mass is 16.5. The SMILES string of the molecule is C=CCN(Cc1ccccc1)C(=O)[C@@H]1[C@@H]2CCC3(O2)C(C(=O)N(CC=C)C(C)(C)C)N(CCCCCCO)C(=O)[C@H]13. The molecule has 8 heteroatoms. The van der Waals surface area contributed by atoms with E-state index in [9.17, 15) is 19.5 Å². The van der Waals surface area contributed by atoms with Crippen molar-refractivity contribution in [2.24, 2.45) is 11.8 Å². The van der Waals surface area contributed by atoms with E-state index in [1.807, 2.05) is 51.1 Å². The number of nitrogens with zero attached hydrogens (tertiary/aromatic N) is 3. The van der Waals surface area contributed by atoms with Gasteiger partial charge in [-0.2, -0.15) is 0 Å². The van der Waals surface area contributed by atoms with Gasteiger partial charge < -0.3 is 24.5 Å². The zero-order chi connectivity index (χ0) is 29.8. The Labute approximate surface area is 245 Å². The Morgan fingerprint density at radius 2 is 1.76 bits per heavy atom. The molecule has 2 bridgehead atoms. The second-order valence-corrected chi connectivity index (χ2v) is 12.6. The number of aliphatic hydroxyl groups is 1. The molecule has 1 aromatic rings. The first kappa shape index (κ1) is 31.0. The van der Waals surface area contributed by atoms with E-state index in [0.717, 1.165) is 18.4 Å². The molecule has 0 radical (unpaired) electrons. The third-order valence-electron chi connectivity index (χ3n) is 8.89. The number of ether oxygens (including phenoxy) is 1. The van der Waals surface area contributed by atoms with Gasteiger partial charge in [0.25, 0.3) is 0 Å². The Kier molecular flexibility index (Phi) is 9.75. The van der Waals surface area contributed by atoms with Gasteiger partial charge in [-0.05, 0) is 52.0 Å². The maximum absolute atomic E-state index is 14.4. The standard InChI is InChI=1S/C33H47N3O5/c1-6-19-34(23-24-15-11-10-12-16-24)29(38)26-25-17-18-33(41-25)27(26)30(39)35(21-13-8-9-14-22-37)28(33)31(40)36(20-7-2)32(3,4)5/h6-7,10-12,15-16,25-28,37H,1-2,8-9,13-14,17-23H2,3-5H3/t25-,26+,27-,28?,33?/m0/s1. The lowest BCUT2D eigenvalue weighted by Crippen LogP contribution is -2.60. The molecule has 1 aromatic carbocycles. The molecule has 3 amide bonds. The number of benzene rings is 1. The maximum Gasteiger partial charge on any atom is 0.249 e. The molecule has 3 heterocycles. The Balaban J connectivity index is 1.68. The zero-order valence-electron chi connectivity index (χ0n) is 25.0. The van der Waals surface area contributed by atoms with Crippen molar-refractivity contribution in [2.45, 2.75) is 89.1 Å². The summed E-state index contributed by atoms with van der Waals surface area (Å²) in [5.74, 6) is -1.76. The van der Waals surface area contributed by atoms with Crippen LogP contribution < -0.4 is 0 Å². The lowest BCUT2D eigenvalue weighted by atomic mass is 9.70. The van der Waals surface area contributed by atoms with E-state index in [1.54, 1.807) is 26.9 Å². The molecule has 0 aromatic heterocycles. The molecule has 41 heavy (non-hydrogen) atoms. The molecule has 3 aliphatic heterocycles. The number of fused-ring (bicyclic) bond motifs is 1. The first-order chi connectivity index (χ1) is 19.6. The summed E-state index contributed by atoms with van der Waals surface area (Å²) in [5.41, 5.74) is -0.512. The number of likely N-dealkylation sites (tertiary alicyclic amines) is 1. The molecule has 224 valence electrons. The van der Waals surface area contributed by atoms with Gasteiger partial charge in [0, 0.05) is 38.3 Å². The highest BCUT2D eigenvalue weighted by Gasteiger charge is 2.75. The fraction of sp³-hybridized carbons (Fsp3) is 0.606. The predicted molar refractivity (Wildman–Crippen MR) is 159 cm³/mol. The van der Waals surface area contributed by atoms with Gasteiger partial charge in [0.2, 0.25) is 17.7 Å². The molecule has 0 aliphatic carbocycles. The summed E-state index contributed by atoms with van der Waals surface area (Å²) in [4.78, 5) is 48.2. The van der Waals surface area contributed by atoms with Gasteiger partial charge in [-0.25, -0.2) is 0 Å². The Morgan fingerprint density at radius 1 is 1.07 bits per heavy atom.